The predicted molar refractivity (Wildman–Crippen MR) is 102 cm³/mol. The Morgan fingerprint density at radius 2 is 2.04 bits per heavy atom. The fourth-order valence-electron chi connectivity index (χ4n) is 3.35. The first-order valence-corrected chi connectivity index (χ1v) is 9.01. The Kier molecular flexibility index (Phi) is 4.89. The van der Waals surface area contributed by atoms with Crippen molar-refractivity contribution in [2.24, 2.45) is 5.92 Å². The number of carbonyl (C=O) groups is 2. The molecule has 1 fully saturated rings. The van der Waals surface area contributed by atoms with Gasteiger partial charge in [0, 0.05) is 37.6 Å². The molecule has 7 heteroatoms. The van der Waals surface area contributed by atoms with Gasteiger partial charge in [-0.3, -0.25) is 9.59 Å². The van der Waals surface area contributed by atoms with Crippen molar-refractivity contribution in [1.82, 2.24) is 14.7 Å². The lowest BCUT2D eigenvalue weighted by Crippen LogP contribution is -2.28. The standard InChI is InChI=1S/C21H19FN4O2/c22-17-5-1-4-15(10-17)13-25-14-16(11-20(25)27)21(28)24-18-6-2-7-19(12-18)26-9-3-8-23-26/h1-10,12,16H,11,13-14H2,(H,24,28). The minimum absolute atomic E-state index is 0.102. The minimum Gasteiger partial charge on any atom is -0.338 e. The second-order valence-electron chi connectivity index (χ2n) is 6.80. The highest BCUT2D eigenvalue weighted by molar-refractivity contribution is 5.97. The van der Waals surface area contributed by atoms with Crippen molar-refractivity contribution in [2.75, 3.05) is 11.9 Å². The van der Waals surface area contributed by atoms with E-state index >= 15 is 0 Å². The summed E-state index contributed by atoms with van der Waals surface area (Å²) in [5.41, 5.74) is 2.19. The summed E-state index contributed by atoms with van der Waals surface area (Å²) in [6.45, 7) is 0.620. The van der Waals surface area contributed by atoms with Gasteiger partial charge in [-0.25, -0.2) is 9.07 Å². The number of aromatic nitrogens is 2. The molecule has 1 unspecified atom stereocenters. The van der Waals surface area contributed by atoms with Gasteiger partial charge in [-0.05, 0) is 42.0 Å². The molecule has 28 heavy (non-hydrogen) atoms. The molecule has 1 saturated heterocycles. The van der Waals surface area contributed by atoms with E-state index in [0.29, 0.717) is 24.3 Å². The summed E-state index contributed by atoms with van der Waals surface area (Å²) in [4.78, 5) is 26.5. The Morgan fingerprint density at radius 1 is 1.18 bits per heavy atom. The van der Waals surface area contributed by atoms with E-state index in [-0.39, 0.29) is 24.1 Å². The van der Waals surface area contributed by atoms with Crippen LogP contribution in [0.1, 0.15) is 12.0 Å². The maximum atomic E-state index is 13.3. The minimum atomic E-state index is -0.436. The Bertz CT molecular complexity index is 1000. The Balaban J connectivity index is 1.40. The number of amides is 2. The molecule has 1 atom stereocenters. The van der Waals surface area contributed by atoms with Gasteiger partial charge in [0.25, 0.3) is 0 Å². The van der Waals surface area contributed by atoms with Gasteiger partial charge in [-0.2, -0.15) is 5.10 Å². The molecule has 0 bridgehead atoms. The summed E-state index contributed by atoms with van der Waals surface area (Å²) < 4.78 is 15.1. The van der Waals surface area contributed by atoms with Gasteiger partial charge in [0.05, 0.1) is 11.6 Å². The van der Waals surface area contributed by atoms with Crippen LogP contribution in [0.15, 0.2) is 67.0 Å². The number of hydrogen-bond donors (Lipinski definition) is 1. The Labute approximate surface area is 161 Å². The van der Waals surface area contributed by atoms with E-state index < -0.39 is 5.92 Å². The number of nitrogens with zero attached hydrogens (tertiary/aromatic N) is 3. The van der Waals surface area contributed by atoms with Crippen LogP contribution >= 0.6 is 0 Å². The molecule has 0 saturated carbocycles. The average Bonchev–Trinajstić information content (AvgIpc) is 3.33. The number of nitrogens with one attached hydrogen (secondary N) is 1. The van der Waals surface area contributed by atoms with Crippen LogP contribution in [0.5, 0.6) is 0 Å². The first-order chi connectivity index (χ1) is 13.6. The van der Waals surface area contributed by atoms with Gasteiger partial charge in [0.15, 0.2) is 0 Å². The van der Waals surface area contributed by atoms with E-state index in [9.17, 15) is 14.0 Å². The largest absolute Gasteiger partial charge is 0.338 e. The smallest absolute Gasteiger partial charge is 0.229 e. The summed E-state index contributed by atoms with van der Waals surface area (Å²) in [6, 6.07) is 15.3. The average molecular weight is 378 g/mol. The summed E-state index contributed by atoms with van der Waals surface area (Å²) in [6.07, 6.45) is 3.66. The molecule has 1 aliphatic rings. The van der Waals surface area contributed by atoms with Crippen molar-refractivity contribution in [3.8, 4) is 5.69 Å². The van der Waals surface area contributed by atoms with Crippen molar-refractivity contribution in [3.63, 3.8) is 0 Å². The molecule has 6 nitrogen and oxygen atoms in total. The molecule has 0 aliphatic carbocycles. The normalized spacial score (nSPS) is 16.4. The van der Waals surface area contributed by atoms with E-state index in [0.717, 1.165) is 5.69 Å². The third-order valence-corrected chi connectivity index (χ3v) is 4.73. The van der Waals surface area contributed by atoms with Crippen molar-refractivity contribution in [1.29, 1.82) is 0 Å². The van der Waals surface area contributed by atoms with Gasteiger partial charge >= 0.3 is 0 Å². The summed E-state index contributed by atoms with van der Waals surface area (Å²) >= 11 is 0. The molecule has 3 aromatic rings. The molecule has 4 rings (SSSR count). The molecule has 1 aliphatic heterocycles. The number of hydrogen-bond acceptors (Lipinski definition) is 3. The molecular weight excluding hydrogens is 359 g/mol. The number of carbonyl (C=O) groups excluding carboxylic acids is 2. The van der Waals surface area contributed by atoms with Crippen LogP contribution in [0, 0.1) is 11.7 Å². The Hall–Kier alpha value is -3.48. The first-order valence-electron chi connectivity index (χ1n) is 9.01. The molecule has 0 spiro atoms. The molecular formula is C21H19FN4O2. The van der Waals surface area contributed by atoms with Crippen LogP contribution in [-0.4, -0.2) is 33.0 Å². The molecule has 142 valence electrons. The summed E-state index contributed by atoms with van der Waals surface area (Å²) in [7, 11) is 0. The SMILES string of the molecule is O=C(Nc1cccc(-n2cccn2)c1)C1CC(=O)N(Cc2cccc(F)c2)C1. The second-order valence-corrected chi connectivity index (χ2v) is 6.80. The lowest BCUT2D eigenvalue weighted by atomic mass is 10.1. The number of anilines is 1. The number of rotatable bonds is 5. The number of halogens is 1. The van der Waals surface area contributed by atoms with Gasteiger partial charge < -0.3 is 10.2 Å². The van der Waals surface area contributed by atoms with E-state index in [1.807, 2.05) is 30.5 Å². The predicted octanol–water partition coefficient (Wildman–Crippen LogP) is 3.00. The fraction of sp³-hybridized carbons (Fsp3) is 0.190. The molecule has 2 aromatic carbocycles. The third kappa shape index (κ3) is 3.93. The Morgan fingerprint density at radius 3 is 2.82 bits per heavy atom. The molecule has 1 N–H and O–H groups in total. The van der Waals surface area contributed by atoms with E-state index in [2.05, 4.69) is 10.4 Å². The van der Waals surface area contributed by atoms with Crippen molar-refractivity contribution in [2.45, 2.75) is 13.0 Å². The van der Waals surface area contributed by atoms with Crippen LogP contribution in [-0.2, 0) is 16.1 Å². The molecule has 2 amide bonds. The van der Waals surface area contributed by atoms with Gasteiger partial charge in [-0.1, -0.05) is 18.2 Å². The highest BCUT2D eigenvalue weighted by Gasteiger charge is 2.34. The first kappa shape index (κ1) is 17.9. The fourth-order valence-corrected chi connectivity index (χ4v) is 3.35. The van der Waals surface area contributed by atoms with Crippen molar-refractivity contribution in [3.05, 3.63) is 78.4 Å². The van der Waals surface area contributed by atoms with Crippen LogP contribution in [0.4, 0.5) is 10.1 Å². The van der Waals surface area contributed by atoms with Crippen LogP contribution < -0.4 is 5.32 Å². The van der Waals surface area contributed by atoms with Gasteiger partial charge in [0.2, 0.25) is 11.8 Å². The highest BCUT2D eigenvalue weighted by Crippen LogP contribution is 2.23. The zero-order chi connectivity index (χ0) is 19.5. The second kappa shape index (κ2) is 7.64. The number of likely N-dealkylation sites (tertiary alicyclic amines) is 1. The molecule has 2 heterocycles. The summed E-state index contributed by atoms with van der Waals surface area (Å²) in [5, 5.41) is 7.06. The van der Waals surface area contributed by atoms with Crippen LogP contribution in [0.3, 0.4) is 0 Å². The van der Waals surface area contributed by atoms with Gasteiger partial charge in [0.1, 0.15) is 5.82 Å². The summed E-state index contributed by atoms with van der Waals surface area (Å²) in [5.74, 6) is -1.08. The quantitative estimate of drug-likeness (QED) is 0.742. The third-order valence-electron chi connectivity index (χ3n) is 4.73. The molecule has 0 radical (unpaired) electrons. The van der Waals surface area contributed by atoms with E-state index in [1.54, 1.807) is 34.0 Å². The van der Waals surface area contributed by atoms with Crippen LogP contribution in [0.2, 0.25) is 0 Å². The topological polar surface area (TPSA) is 67.2 Å². The molecule has 1 aromatic heterocycles. The monoisotopic (exact) mass is 378 g/mol. The maximum Gasteiger partial charge on any atom is 0.229 e. The zero-order valence-electron chi connectivity index (χ0n) is 15.1. The highest BCUT2D eigenvalue weighted by atomic mass is 19.1. The van der Waals surface area contributed by atoms with Crippen molar-refractivity contribution < 1.29 is 14.0 Å². The lowest BCUT2D eigenvalue weighted by molar-refractivity contribution is -0.128. The zero-order valence-corrected chi connectivity index (χ0v) is 15.1. The maximum absolute atomic E-state index is 13.3. The van der Waals surface area contributed by atoms with Crippen molar-refractivity contribution >= 4 is 17.5 Å². The van der Waals surface area contributed by atoms with E-state index in [1.165, 1.54) is 12.1 Å². The number of benzene rings is 2. The van der Waals surface area contributed by atoms with Gasteiger partial charge in [-0.15, -0.1) is 0 Å². The lowest BCUT2D eigenvalue weighted by Gasteiger charge is -2.17. The van der Waals surface area contributed by atoms with E-state index in [4.69, 9.17) is 0 Å². The van der Waals surface area contributed by atoms with Crippen LogP contribution in [0.25, 0.3) is 5.69 Å².